The zero-order valence-corrected chi connectivity index (χ0v) is 24.7. The molecule has 3 fully saturated rings. The van der Waals surface area contributed by atoms with E-state index in [0.717, 1.165) is 36.3 Å². The number of allylic oxidation sites excluding steroid dienone is 3. The summed E-state index contributed by atoms with van der Waals surface area (Å²) in [5, 5.41) is 22.4. The van der Waals surface area contributed by atoms with Crippen molar-refractivity contribution in [2.45, 2.75) is 125 Å². The maximum atomic E-state index is 14.6. The van der Waals surface area contributed by atoms with Gasteiger partial charge in [0.1, 0.15) is 5.78 Å². The maximum absolute atomic E-state index is 14.6. The molecular weight excluding hydrogens is 456 g/mol. The molecule has 3 saturated carbocycles. The van der Waals surface area contributed by atoms with Crippen LogP contribution in [0.3, 0.4) is 0 Å². The van der Waals surface area contributed by atoms with E-state index >= 15 is 0 Å². The van der Waals surface area contributed by atoms with Gasteiger partial charge in [0.2, 0.25) is 0 Å². The van der Waals surface area contributed by atoms with Gasteiger partial charge in [-0.05, 0) is 91.9 Å². The number of hydrogen-bond donors (Lipinski definition) is 2. The van der Waals surface area contributed by atoms with E-state index in [-0.39, 0.29) is 28.6 Å². The van der Waals surface area contributed by atoms with Gasteiger partial charge in [-0.3, -0.25) is 4.79 Å². The number of hydrogen-bond acceptors (Lipinski definition) is 3. The van der Waals surface area contributed by atoms with Gasteiger partial charge in [0.15, 0.2) is 0 Å². The Kier molecular flexibility index (Phi) is 7.18. The van der Waals surface area contributed by atoms with Crippen molar-refractivity contribution in [1.82, 2.24) is 0 Å². The first-order valence-electron chi connectivity index (χ1n) is 15.6. The highest BCUT2D eigenvalue weighted by Crippen LogP contribution is 2.71. The molecule has 0 saturated heterocycles. The van der Waals surface area contributed by atoms with Crippen LogP contribution in [0.4, 0.5) is 0 Å². The Morgan fingerprint density at radius 2 is 1.73 bits per heavy atom. The lowest BCUT2D eigenvalue weighted by atomic mass is 9.35. The molecule has 208 valence electrons. The molecule has 0 aliphatic heterocycles. The van der Waals surface area contributed by atoms with Crippen LogP contribution >= 0.6 is 0 Å². The van der Waals surface area contributed by atoms with Crippen molar-refractivity contribution >= 4 is 5.78 Å². The highest BCUT2D eigenvalue weighted by molar-refractivity contribution is 5.87. The SMILES string of the molecule is CC1=C(C(C)O)C(O)C2(C)C(C)C3C(=O)C4C(C)C=CC(CCC5CCCCC5)C4CC3(C)CC2(C)C1. The third-order valence-corrected chi connectivity index (χ3v) is 13.0. The Morgan fingerprint density at radius 3 is 2.38 bits per heavy atom. The number of rotatable bonds is 4. The highest BCUT2D eigenvalue weighted by atomic mass is 16.3. The Bertz CT molecular complexity index is 956. The topological polar surface area (TPSA) is 57.5 Å². The van der Waals surface area contributed by atoms with Crippen molar-refractivity contribution in [3.63, 3.8) is 0 Å². The van der Waals surface area contributed by atoms with Crippen LogP contribution in [0.5, 0.6) is 0 Å². The normalized spacial score (nSPS) is 49.3. The lowest BCUT2D eigenvalue weighted by Crippen LogP contribution is -2.67. The van der Waals surface area contributed by atoms with E-state index in [1.807, 2.05) is 0 Å². The molecule has 3 nitrogen and oxygen atoms in total. The van der Waals surface area contributed by atoms with Gasteiger partial charge in [-0.1, -0.05) is 84.4 Å². The Balaban J connectivity index is 1.47. The number of carbonyl (C=O) groups is 1. The summed E-state index contributed by atoms with van der Waals surface area (Å²) in [5.74, 6) is 2.81. The molecule has 5 aliphatic carbocycles. The first kappa shape index (κ1) is 27.6. The number of fused-ring (bicyclic) bond motifs is 3. The second-order valence-corrected chi connectivity index (χ2v) is 15.2. The average Bonchev–Trinajstić information content (AvgIpc) is 2.81. The standard InChI is InChI=1S/C34H54O3/c1-20-13-15-25(16-14-24-11-9-8-10-12-24)26-18-32(5)19-33(6)17-21(2)27(23(4)35)31(37)34(33,7)22(3)29(32)30(36)28(20)26/h13,15,20,22-26,28-29,31,35,37H,8-12,14,16-19H2,1-7H3. The van der Waals surface area contributed by atoms with E-state index in [0.29, 0.717) is 23.5 Å². The van der Waals surface area contributed by atoms with Crippen LogP contribution in [0.2, 0.25) is 0 Å². The van der Waals surface area contributed by atoms with Gasteiger partial charge < -0.3 is 10.2 Å². The zero-order valence-electron chi connectivity index (χ0n) is 24.7. The minimum absolute atomic E-state index is 0.0249. The molecule has 0 spiro atoms. The molecule has 5 aliphatic rings. The van der Waals surface area contributed by atoms with Crippen LogP contribution in [0.15, 0.2) is 23.3 Å². The van der Waals surface area contributed by atoms with E-state index < -0.39 is 17.6 Å². The first-order chi connectivity index (χ1) is 17.3. The summed E-state index contributed by atoms with van der Waals surface area (Å²) in [6.07, 6.45) is 16.1. The van der Waals surface area contributed by atoms with Crippen molar-refractivity contribution in [2.75, 3.05) is 0 Å². The average molecular weight is 511 g/mol. The van der Waals surface area contributed by atoms with Gasteiger partial charge in [-0.25, -0.2) is 0 Å². The fraction of sp³-hybridized carbons (Fsp3) is 0.853. The van der Waals surface area contributed by atoms with Crippen molar-refractivity contribution in [3.05, 3.63) is 23.3 Å². The van der Waals surface area contributed by atoms with Crippen LogP contribution in [0, 0.1) is 57.7 Å². The van der Waals surface area contributed by atoms with E-state index in [4.69, 9.17) is 0 Å². The fourth-order valence-electron chi connectivity index (χ4n) is 11.1. The third kappa shape index (κ3) is 4.16. The number of carbonyl (C=O) groups excluding carboxylic acids is 1. The summed E-state index contributed by atoms with van der Waals surface area (Å²) >= 11 is 0. The summed E-state index contributed by atoms with van der Waals surface area (Å²) in [5.41, 5.74) is 1.38. The molecule has 11 atom stereocenters. The molecular formula is C34H54O3. The zero-order chi connectivity index (χ0) is 26.9. The van der Waals surface area contributed by atoms with Crippen molar-refractivity contribution in [1.29, 1.82) is 0 Å². The van der Waals surface area contributed by atoms with Gasteiger partial charge in [0.25, 0.3) is 0 Å². The van der Waals surface area contributed by atoms with Crippen molar-refractivity contribution < 1.29 is 15.0 Å². The Labute approximate surface area is 226 Å². The van der Waals surface area contributed by atoms with E-state index in [1.165, 1.54) is 44.9 Å². The second kappa shape index (κ2) is 9.61. The summed E-state index contributed by atoms with van der Waals surface area (Å²) in [4.78, 5) is 14.6. The molecule has 2 N–H and O–H groups in total. The minimum atomic E-state index is -0.705. The smallest absolute Gasteiger partial charge is 0.140 e. The number of Topliss-reactive ketones (excluding diaryl/α,β-unsaturated/α-hetero) is 1. The largest absolute Gasteiger partial charge is 0.389 e. The second-order valence-electron chi connectivity index (χ2n) is 15.2. The molecule has 11 unspecified atom stereocenters. The number of ketones is 1. The monoisotopic (exact) mass is 510 g/mol. The molecule has 0 aromatic heterocycles. The van der Waals surface area contributed by atoms with Crippen LogP contribution < -0.4 is 0 Å². The summed E-state index contributed by atoms with van der Waals surface area (Å²) in [6.45, 7) is 15.4. The molecule has 3 heteroatoms. The van der Waals surface area contributed by atoms with Crippen molar-refractivity contribution in [3.8, 4) is 0 Å². The maximum Gasteiger partial charge on any atom is 0.140 e. The van der Waals surface area contributed by atoms with Gasteiger partial charge >= 0.3 is 0 Å². The molecule has 0 radical (unpaired) electrons. The van der Waals surface area contributed by atoms with Crippen LogP contribution in [0.1, 0.15) is 113 Å². The predicted octanol–water partition coefficient (Wildman–Crippen LogP) is 7.51. The Morgan fingerprint density at radius 1 is 1.05 bits per heavy atom. The highest BCUT2D eigenvalue weighted by Gasteiger charge is 2.68. The van der Waals surface area contributed by atoms with Crippen LogP contribution in [-0.4, -0.2) is 28.2 Å². The van der Waals surface area contributed by atoms with E-state index in [2.05, 4.69) is 53.7 Å². The summed E-state index contributed by atoms with van der Waals surface area (Å²) in [6, 6.07) is 0. The van der Waals surface area contributed by atoms with Gasteiger partial charge in [-0.2, -0.15) is 0 Å². The molecule has 0 bridgehead atoms. The van der Waals surface area contributed by atoms with Gasteiger partial charge in [0.05, 0.1) is 12.2 Å². The van der Waals surface area contributed by atoms with E-state index in [1.54, 1.807) is 6.92 Å². The quantitative estimate of drug-likeness (QED) is 0.385. The molecule has 0 aromatic rings. The molecule has 0 amide bonds. The van der Waals surface area contributed by atoms with Crippen LogP contribution in [-0.2, 0) is 4.79 Å². The molecule has 0 heterocycles. The van der Waals surface area contributed by atoms with Gasteiger partial charge in [0, 0.05) is 17.3 Å². The predicted molar refractivity (Wildman–Crippen MR) is 151 cm³/mol. The molecule has 37 heavy (non-hydrogen) atoms. The first-order valence-corrected chi connectivity index (χ1v) is 15.6. The van der Waals surface area contributed by atoms with Crippen molar-refractivity contribution in [2.24, 2.45) is 57.7 Å². The van der Waals surface area contributed by atoms with Gasteiger partial charge in [-0.15, -0.1) is 0 Å². The van der Waals surface area contributed by atoms with Crippen LogP contribution in [0.25, 0.3) is 0 Å². The minimum Gasteiger partial charge on any atom is -0.389 e. The Hall–Kier alpha value is -0.930. The third-order valence-electron chi connectivity index (χ3n) is 13.0. The summed E-state index contributed by atoms with van der Waals surface area (Å²) in [7, 11) is 0. The molecule has 0 aromatic carbocycles. The molecule has 5 rings (SSSR count). The number of aliphatic hydroxyl groups excluding tert-OH is 2. The lowest BCUT2D eigenvalue weighted by Gasteiger charge is -2.68. The van der Waals surface area contributed by atoms with E-state index in [9.17, 15) is 15.0 Å². The summed E-state index contributed by atoms with van der Waals surface area (Å²) < 4.78 is 0. The number of aliphatic hydroxyl groups is 2. The fourth-order valence-corrected chi connectivity index (χ4v) is 11.1. The lowest BCUT2D eigenvalue weighted by molar-refractivity contribution is -0.205.